The lowest BCUT2D eigenvalue weighted by molar-refractivity contribution is -0.121. The molecule has 0 spiro atoms. The molecular weight excluding hydrogens is 368 g/mol. The number of carbonyl (C=O) groups is 1. The first-order chi connectivity index (χ1) is 14.1. The van der Waals surface area contributed by atoms with Gasteiger partial charge in [0.05, 0.1) is 6.33 Å². The zero-order valence-corrected chi connectivity index (χ0v) is 16.0. The van der Waals surface area contributed by atoms with Gasteiger partial charge in [0, 0.05) is 25.1 Å². The van der Waals surface area contributed by atoms with Crippen LogP contribution in [0.2, 0.25) is 0 Å². The SMILES string of the molecule is Cc1ccccc1CNC(=O)CCn1cnc2c(-c3ccccc3)noc2c1=O. The Morgan fingerprint density at radius 2 is 1.86 bits per heavy atom. The molecule has 0 atom stereocenters. The molecule has 146 valence electrons. The summed E-state index contributed by atoms with van der Waals surface area (Å²) in [5, 5.41) is 6.89. The number of aryl methyl sites for hydroxylation is 2. The second-order valence-electron chi connectivity index (χ2n) is 6.77. The molecule has 2 aromatic heterocycles. The maximum Gasteiger partial charge on any atom is 0.299 e. The number of fused-ring (bicyclic) bond motifs is 1. The monoisotopic (exact) mass is 388 g/mol. The second-order valence-corrected chi connectivity index (χ2v) is 6.77. The van der Waals surface area contributed by atoms with E-state index < -0.39 is 0 Å². The lowest BCUT2D eigenvalue weighted by Crippen LogP contribution is -2.27. The molecule has 0 saturated heterocycles. The van der Waals surface area contributed by atoms with Gasteiger partial charge in [-0.25, -0.2) is 4.98 Å². The molecule has 2 heterocycles. The number of aromatic nitrogens is 3. The largest absolute Gasteiger partial charge is 0.352 e. The summed E-state index contributed by atoms with van der Waals surface area (Å²) in [7, 11) is 0. The summed E-state index contributed by atoms with van der Waals surface area (Å²) in [5.74, 6) is -0.136. The highest BCUT2D eigenvalue weighted by atomic mass is 16.5. The summed E-state index contributed by atoms with van der Waals surface area (Å²) < 4.78 is 6.62. The van der Waals surface area contributed by atoms with Crippen LogP contribution >= 0.6 is 0 Å². The average Bonchev–Trinajstić information content (AvgIpc) is 3.18. The van der Waals surface area contributed by atoms with E-state index in [1.807, 2.05) is 61.5 Å². The Balaban J connectivity index is 1.45. The Kier molecular flexibility index (Phi) is 5.20. The summed E-state index contributed by atoms with van der Waals surface area (Å²) in [6.07, 6.45) is 1.60. The predicted molar refractivity (Wildman–Crippen MR) is 109 cm³/mol. The molecule has 0 saturated carbocycles. The third-order valence-electron chi connectivity index (χ3n) is 4.81. The first-order valence-electron chi connectivity index (χ1n) is 9.35. The van der Waals surface area contributed by atoms with Crippen LogP contribution in [0.3, 0.4) is 0 Å². The molecule has 7 heteroatoms. The molecule has 2 aromatic carbocycles. The van der Waals surface area contributed by atoms with Crippen LogP contribution in [0.5, 0.6) is 0 Å². The second kappa shape index (κ2) is 8.10. The maximum absolute atomic E-state index is 12.7. The van der Waals surface area contributed by atoms with Gasteiger partial charge in [0.25, 0.3) is 11.1 Å². The van der Waals surface area contributed by atoms with E-state index in [1.165, 1.54) is 10.9 Å². The van der Waals surface area contributed by atoms with Crippen molar-refractivity contribution in [3.63, 3.8) is 0 Å². The van der Waals surface area contributed by atoms with Gasteiger partial charge in [0.2, 0.25) is 5.91 Å². The van der Waals surface area contributed by atoms with Crippen molar-refractivity contribution in [3.05, 3.63) is 82.4 Å². The number of hydrogen-bond donors (Lipinski definition) is 1. The van der Waals surface area contributed by atoms with Crippen LogP contribution in [0.1, 0.15) is 17.5 Å². The molecule has 0 bridgehead atoms. The van der Waals surface area contributed by atoms with E-state index in [0.29, 0.717) is 17.8 Å². The first-order valence-corrected chi connectivity index (χ1v) is 9.35. The van der Waals surface area contributed by atoms with E-state index in [4.69, 9.17) is 4.52 Å². The number of hydrogen-bond acceptors (Lipinski definition) is 5. The van der Waals surface area contributed by atoms with Gasteiger partial charge in [0.15, 0.2) is 0 Å². The average molecular weight is 388 g/mol. The van der Waals surface area contributed by atoms with E-state index in [2.05, 4.69) is 15.5 Å². The molecule has 4 rings (SSSR count). The fourth-order valence-corrected chi connectivity index (χ4v) is 3.11. The number of nitrogens with zero attached hydrogens (tertiary/aromatic N) is 3. The molecule has 29 heavy (non-hydrogen) atoms. The lowest BCUT2D eigenvalue weighted by atomic mass is 10.1. The first kappa shape index (κ1) is 18.6. The van der Waals surface area contributed by atoms with E-state index in [1.54, 1.807) is 0 Å². The van der Waals surface area contributed by atoms with Crippen LogP contribution in [0, 0.1) is 6.92 Å². The fourth-order valence-electron chi connectivity index (χ4n) is 3.11. The Labute approximate surface area is 167 Å². The lowest BCUT2D eigenvalue weighted by Gasteiger charge is -2.08. The number of carbonyl (C=O) groups excluding carboxylic acids is 1. The van der Waals surface area contributed by atoms with E-state index in [-0.39, 0.29) is 30.0 Å². The molecule has 0 aliphatic rings. The molecule has 1 amide bonds. The molecule has 1 N–H and O–H groups in total. The summed E-state index contributed by atoms with van der Waals surface area (Å²) in [4.78, 5) is 29.2. The van der Waals surface area contributed by atoms with Crippen molar-refractivity contribution in [3.8, 4) is 11.3 Å². The number of benzene rings is 2. The van der Waals surface area contributed by atoms with Crippen LogP contribution in [0.4, 0.5) is 0 Å². The summed E-state index contributed by atoms with van der Waals surface area (Å²) >= 11 is 0. The molecular formula is C22H20N4O3. The molecule has 0 radical (unpaired) electrons. The number of rotatable bonds is 6. The summed E-state index contributed by atoms with van der Waals surface area (Å²) in [6.45, 7) is 2.67. The normalized spacial score (nSPS) is 10.9. The van der Waals surface area contributed by atoms with Crippen molar-refractivity contribution in [2.24, 2.45) is 0 Å². The van der Waals surface area contributed by atoms with Crippen molar-refractivity contribution in [2.45, 2.75) is 26.4 Å². The Bertz CT molecular complexity index is 1210. The van der Waals surface area contributed by atoms with Gasteiger partial charge in [-0.05, 0) is 18.1 Å². The van der Waals surface area contributed by atoms with E-state index >= 15 is 0 Å². The van der Waals surface area contributed by atoms with Gasteiger partial charge in [-0.3, -0.25) is 14.2 Å². The molecule has 0 fully saturated rings. The quantitative estimate of drug-likeness (QED) is 0.548. The van der Waals surface area contributed by atoms with Gasteiger partial charge >= 0.3 is 0 Å². The summed E-state index contributed by atoms with van der Waals surface area (Å²) in [5.41, 5.74) is 3.70. The third kappa shape index (κ3) is 3.94. The van der Waals surface area contributed by atoms with Gasteiger partial charge < -0.3 is 9.84 Å². The zero-order valence-electron chi connectivity index (χ0n) is 16.0. The van der Waals surface area contributed by atoms with E-state index in [9.17, 15) is 9.59 Å². The number of nitrogens with one attached hydrogen (secondary N) is 1. The van der Waals surface area contributed by atoms with Crippen LogP contribution in [-0.2, 0) is 17.9 Å². The molecule has 0 aliphatic carbocycles. The Hall–Kier alpha value is -3.74. The van der Waals surface area contributed by atoms with Crippen LogP contribution < -0.4 is 10.9 Å². The molecule has 7 nitrogen and oxygen atoms in total. The minimum Gasteiger partial charge on any atom is -0.352 e. The van der Waals surface area contributed by atoms with Crippen LogP contribution in [-0.4, -0.2) is 20.6 Å². The smallest absolute Gasteiger partial charge is 0.299 e. The van der Waals surface area contributed by atoms with Gasteiger partial charge in [-0.2, -0.15) is 0 Å². The molecule has 4 aromatic rings. The number of amides is 1. The standard InChI is InChI=1S/C22H20N4O3/c1-15-7-5-6-10-17(15)13-23-18(27)11-12-26-14-24-20-19(16-8-3-2-4-9-16)25-29-21(20)22(26)28/h2-10,14H,11-13H2,1H3,(H,23,27). The zero-order chi connectivity index (χ0) is 20.2. The highest BCUT2D eigenvalue weighted by Crippen LogP contribution is 2.23. The van der Waals surface area contributed by atoms with Crippen molar-refractivity contribution in [2.75, 3.05) is 0 Å². The minimum atomic E-state index is -0.351. The Morgan fingerprint density at radius 1 is 1.10 bits per heavy atom. The van der Waals surface area contributed by atoms with Crippen molar-refractivity contribution < 1.29 is 9.32 Å². The van der Waals surface area contributed by atoms with E-state index in [0.717, 1.165) is 16.7 Å². The fraction of sp³-hybridized carbons (Fsp3) is 0.182. The third-order valence-corrected chi connectivity index (χ3v) is 4.81. The highest BCUT2D eigenvalue weighted by Gasteiger charge is 2.16. The minimum absolute atomic E-state index is 0.0895. The summed E-state index contributed by atoms with van der Waals surface area (Å²) in [6, 6.07) is 17.3. The van der Waals surface area contributed by atoms with Gasteiger partial charge in [0.1, 0.15) is 11.2 Å². The van der Waals surface area contributed by atoms with Gasteiger partial charge in [-0.1, -0.05) is 59.8 Å². The van der Waals surface area contributed by atoms with Gasteiger partial charge in [-0.15, -0.1) is 0 Å². The molecule has 0 unspecified atom stereocenters. The predicted octanol–water partition coefficient (Wildman–Crippen LogP) is 3.07. The molecule has 0 aliphatic heterocycles. The van der Waals surface area contributed by atoms with Crippen LogP contribution in [0.15, 0.2) is 70.2 Å². The highest BCUT2D eigenvalue weighted by molar-refractivity contribution is 5.87. The maximum atomic E-state index is 12.7. The van der Waals surface area contributed by atoms with Crippen molar-refractivity contribution in [1.82, 2.24) is 20.0 Å². The topological polar surface area (TPSA) is 90.0 Å². The van der Waals surface area contributed by atoms with Crippen LogP contribution in [0.25, 0.3) is 22.4 Å². The van der Waals surface area contributed by atoms with Crippen molar-refractivity contribution >= 4 is 17.0 Å². The van der Waals surface area contributed by atoms with Crippen molar-refractivity contribution in [1.29, 1.82) is 0 Å². The Morgan fingerprint density at radius 3 is 2.66 bits per heavy atom.